The fourth-order valence-electron chi connectivity index (χ4n) is 1.30. The van der Waals surface area contributed by atoms with Crippen molar-refractivity contribution >= 4 is 27.5 Å². The van der Waals surface area contributed by atoms with E-state index < -0.39 is 0 Å². The molecule has 2 aromatic rings. The van der Waals surface area contributed by atoms with E-state index in [-0.39, 0.29) is 0 Å². The molecule has 0 aliphatic rings. The van der Waals surface area contributed by atoms with Gasteiger partial charge in [0.1, 0.15) is 0 Å². The Morgan fingerprint density at radius 3 is 3.08 bits per heavy atom. The molecule has 1 nitrogen and oxygen atoms in total. The summed E-state index contributed by atoms with van der Waals surface area (Å²) in [5.74, 6) is 0. The first-order valence-electron chi connectivity index (χ1n) is 4.07. The fourth-order valence-corrected chi connectivity index (χ4v) is 2.12. The number of hydrogen-bond acceptors (Lipinski definition) is 2. The summed E-state index contributed by atoms with van der Waals surface area (Å²) < 4.78 is 6.21. The fraction of sp³-hybridized carbons (Fsp3) is 0.0909. The number of ether oxygens (including phenoxy) is 1. The lowest BCUT2D eigenvalue weighted by molar-refractivity contribution is 0.341. The summed E-state index contributed by atoms with van der Waals surface area (Å²) in [5, 5.41) is 3.40. The van der Waals surface area contributed by atoms with Crippen LogP contribution in [0.2, 0.25) is 0 Å². The monoisotopic (exact) mass is 190 g/mol. The van der Waals surface area contributed by atoms with Crippen molar-refractivity contribution in [1.29, 1.82) is 0 Å². The molecule has 0 aliphatic heterocycles. The van der Waals surface area contributed by atoms with Gasteiger partial charge >= 0.3 is 0 Å². The quantitative estimate of drug-likeness (QED) is 0.658. The Morgan fingerprint density at radius 1 is 1.31 bits per heavy atom. The van der Waals surface area contributed by atoms with E-state index in [1.54, 1.807) is 24.7 Å². The molecule has 0 N–H and O–H groups in total. The van der Waals surface area contributed by atoms with Gasteiger partial charge in [0.2, 0.25) is 0 Å². The molecule has 0 atom stereocenters. The second kappa shape index (κ2) is 3.62. The lowest BCUT2D eigenvalue weighted by atomic mass is 10.1. The van der Waals surface area contributed by atoms with Crippen LogP contribution in [0.15, 0.2) is 35.9 Å². The SMILES string of the molecule is COC=Cc1cccc2sccc12. The van der Waals surface area contributed by atoms with Crippen LogP contribution in [-0.4, -0.2) is 7.11 Å². The van der Waals surface area contributed by atoms with Gasteiger partial charge in [0.15, 0.2) is 0 Å². The highest BCUT2D eigenvalue weighted by atomic mass is 32.1. The topological polar surface area (TPSA) is 9.23 Å². The number of fused-ring (bicyclic) bond motifs is 1. The maximum atomic E-state index is 4.89. The average Bonchev–Trinajstić information content (AvgIpc) is 2.62. The molecule has 1 aromatic heterocycles. The van der Waals surface area contributed by atoms with Gasteiger partial charge in [0.05, 0.1) is 13.4 Å². The van der Waals surface area contributed by atoms with E-state index in [2.05, 4.69) is 29.6 Å². The summed E-state index contributed by atoms with van der Waals surface area (Å²) in [6, 6.07) is 8.41. The van der Waals surface area contributed by atoms with Gasteiger partial charge in [0.25, 0.3) is 0 Å². The first-order chi connectivity index (χ1) is 6.42. The van der Waals surface area contributed by atoms with Crippen LogP contribution in [0.5, 0.6) is 0 Å². The minimum Gasteiger partial charge on any atom is -0.504 e. The summed E-state index contributed by atoms with van der Waals surface area (Å²) in [6.07, 6.45) is 3.68. The molecule has 0 saturated carbocycles. The second-order valence-electron chi connectivity index (χ2n) is 2.72. The molecule has 0 unspecified atom stereocenters. The van der Waals surface area contributed by atoms with Crippen LogP contribution in [-0.2, 0) is 4.74 Å². The predicted octanol–water partition coefficient (Wildman–Crippen LogP) is 3.52. The zero-order chi connectivity index (χ0) is 9.10. The summed E-state index contributed by atoms with van der Waals surface area (Å²) in [7, 11) is 1.66. The number of rotatable bonds is 2. The van der Waals surface area contributed by atoms with Crippen molar-refractivity contribution in [2.24, 2.45) is 0 Å². The Labute approximate surface area is 81.3 Å². The van der Waals surface area contributed by atoms with Crippen molar-refractivity contribution in [2.45, 2.75) is 0 Å². The van der Waals surface area contributed by atoms with Crippen molar-refractivity contribution in [3.8, 4) is 0 Å². The molecule has 2 heteroatoms. The third kappa shape index (κ3) is 1.58. The molecule has 0 saturated heterocycles. The second-order valence-corrected chi connectivity index (χ2v) is 3.67. The minimum absolute atomic E-state index is 1.21. The van der Waals surface area contributed by atoms with E-state index in [1.165, 1.54) is 15.6 Å². The predicted molar refractivity (Wildman–Crippen MR) is 57.9 cm³/mol. The third-order valence-electron chi connectivity index (χ3n) is 1.91. The molecule has 0 amide bonds. The van der Waals surface area contributed by atoms with Gasteiger partial charge in [-0.15, -0.1) is 11.3 Å². The number of methoxy groups -OCH3 is 1. The van der Waals surface area contributed by atoms with Gasteiger partial charge < -0.3 is 4.74 Å². The van der Waals surface area contributed by atoms with Crippen molar-refractivity contribution < 1.29 is 4.74 Å². The van der Waals surface area contributed by atoms with Gasteiger partial charge in [0, 0.05) is 4.70 Å². The summed E-state index contributed by atoms with van der Waals surface area (Å²) >= 11 is 1.76. The molecule has 13 heavy (non-hydrogen) atoms. The Bertz CT molecular complexity index is 428. The summed E-state index contributed by atoms with van der Waals surface area (Å²) in [6.45, 7) is 0. The van der Waals surface area contributed by atoms with E-state index in [0.29, 0.717) is 0 Å². The average molecular weight is 190 g/mol. The lowest BCUT2D eigenvalue weighted by Gasteiger charge is -1.95. The van der Waals surface area contributed by atoms with E-state index in [4.69, 9.17) is 4.74 Å². The highest BCUT2D eigenvalue weighted by molar-refractivity contribution is 7.17. The Balaban J connectivity index is 2.54. The molecule has 0 aliphatic carbocycles. The first kappa shape index (κ1) is 8.32. The van der Waals surface area contributed by atoms with Gasteiger partial charge in [-0.1, -0.05) is 12.1 Å². The van der Waals surface area contributed by atoms with Crippen LogP contribution in [0.1, 0.15) is 5.56 Å². The van der Waals surface area contributed by atoms with E-state index >= 15 is 0 Å². The molecule has 66 valence electrons. The Hall–Kier alpha value is -1.28. The molecular formula is C11H10OS. The van der Waals surface area contributed by atoms with Crippen LogP contribution in [0.4, 0.5) is 0 Å². The largest absolute Gasteiger partial charge is 0.504 e. The summed E-state index contributed by atoms with van der Waals surface area (Å²) in [5.41, 5.74) is 1.21. The van der Waals surface area contributed by atoms with Crippen LogP contribution >= 0.6 is 11.3 Å². The molecule has 0 radical (unpaired) electrons. The summed E-state index contributed by atoms with van der Waals surface area (Å²) in [4.78, 5) is 0. The Kier molecular flexibility index (Phi) is 2.32. The van der Waals surface area contributed by atoms with Crippen LogP contribution in [0, 0.1) is 0 Å². The van der Waals surface area contributed by atoms with Gasteiger partial charge in [-0.3, -0.25) is 0 Å². The van der Waals surface area contributed by atoms with Crippen LogP contribution < -0.4 is 0 Å². The van der Waals surface area contributed by atoms with E-state index in [0.717, 1.165) is 0 Å². The highest BCUT2D eigenvalue weighted by Crippen LogP contribution is 2.24. The van der Waals surface area contributed by atoms with Crippen molar-refractivity contribution in [1.82, 2.24) is 0 Å². The standard InChI is InChI=1S/C11H10OS/c1-12-7-5-9-3-2-4-11-10(9)6-8-13-11/h2-8H,1H3. The minimum atomic E-state index is 1.21. The molecule has 0 spiro atoms. The number of benzene rings is 1. The van der Waals surface area contributed by atoms with Crippen molar-refractivity contribution in [2.75, 3.05) is 7.11 Å². The van der Waals surface area contributed by atoms with Gasteiger partial charge in [-0.05, 0) is 34.5 Å². The van der Waals surface area contributed by atoms with Gasteiger partial charge in [-0.25, -0.2) is 0 Å². The Morgan fingerprint density at radius 2 is 2.23 bits per heavy atom. The first-order valence-corrected chi connectivity index (χ1v) is 4.95. The van der Waals surface area contributed by atoms with Crippen molar-refractivity contribution in [3.05, 3.63) is 41.5 Å². The number of thiophene rings is 1. The maximum Gasteiger partial charge on any atom is 0.0830 e. The maximum absolute atomic E-state index is 4.89. The molecular weight excluding hydrogens is 180 g/mol. The highest BCUT2D eigenvalue weighted by Gasteiger charge is 1.97. The van der Waals surface area contributed by atoms with E-state index in [1.807, 2.05) is 6.08 Å². The molecule has 0 fully saturated rings. The van der Waals surface area contributed by atoms with Gasteiger partial charge in [-0.2, -0.15) is 0 Å². The zero-order valence-electron chi connectivity index (χ0n) is 7.36. The van der Waals surface area contributed by atoms with Crippen LogP contribution in [0.25, 0.3) is 16.2 Å². The van der Waals surface area contributed by atoms with Crippen molar-refractivity contribution in [3.63, 3.8) is 0 Å². The molecule has 2 rings (SSSR count). The normalized spacial score (nSPS) is 11.2. The molecule has 1 aromatic carbocycles. The lowest BCUT2D eigenvalue weighted by Crippen LogP contribution is -1.73. The van der Waals surface area contributed by atoms with Crippen LogP contribution in [0.3, 0.4) is 0 Å². The number of hydrogen-bond donors (Lipinski definition) is 0. The molecule has 0 bridgehead atoms. The van der Waals surface area contributed by atoms with E-state index in [9.17, 15) is 0 Å². The smallest absolute Gasteiger partial charge is 0.0830 e. The third-order valence-corrected chi connectivity index (χ3v) is 2.80. The molecule has 1 heterocycles. The zero-order valence-corrected chi connectivity index (χ0v) is 8.17.